The van der Waals surface area contributed by atoms with Crippen LogP contribution in [0.5, 0.6) is 0 Å². The number of aromatic nitrogens is 1. The summed E-state index contributed by atoms with van der Waals surface area (Å²) < 4.78 is 30.7. The van der Waals surface area contributed by atoms with E-state index < -0.39 is 84.8 Å². The van der Waals surface area contributed by atoms with E-state index in [0.29, 0.717) is 0 Å². The lowest BCUT2D eigenvalue weighted by Gasteiger charge is -2.49. The van der Waals surface area contributed by atoms with Crippen molar-refractivity contribution >= 4 is 75.8 Å². The number of thiazole rings is 1. The van der Waals surface area contributed by atoms with E-state index in [1.807, 2.05) is 13.8 Å². The number of oxime groups is 1. The molecule has 3 N–H and O–H groups in total. The van der Waals surface area contributed by atoms with Crippen LogP contribution in [0.2, 0.25) is 0 Å². The highest BCUT2D eigenvalue weighted by Crippen LogP contribution is 2.41. The predicted molar refractivity (Wildman–Crippen MR) is 177 cm³/mol. The Labute approximate surface area is 300 Å². The minimum absolute atomic E-state index is 0.0258. The first-order valence-corrected chi connectivity index (χ1v) is 17.3. The molecule has 3 heterocycles. The van der Waals surface area contributed by atoms with Crippen molar-refractivity contribution in [3.63, 3.8) is 0 Å². The van der Waals surface area contributed by atoms with Crippen LogP contribution in [-0.2, 0) is 62.0 Å². The van der Waals surface area contributed by atoms with Crippen LogP contribution in [0.3, 0.4) is 0 Å². The average Bonchev–Trinajstić information content (AvgIpc) is 3.50. The minimum atomic E-state index is -1.59. The standard InChI is InChI=1S/C30H39N5O14S2/c1-13(2)14(3)27(40)46-10-19(9-45-16(5)37)49-30(42)48-17(6)47-28(41)23-18(8-44-15(4)36)11-50-26-22(25(39)35(23)26)33-24(38)21(34-43-7)20-12-51-29(31)32-20/h12-14,17,19,22,26H,8-11H2,1-7H3,(H2,31,32)(H,33,38)/b34-21+/t14-,17?,19?,22+,26?/m0/s1. The summed E-state index contributed by atoms with van der Waals surface area (Å²) in [7, 11) is 1.22. The number of nitrogens with zero attached hydrogens (tertiary/aromatic N) is 3. The molecule has 0 bridgehead atoms. The van der Waals surface area contributed by atoms with Gasteiger partial charge in [0, 0.05) is 37.5 Å². The van der Waals surface area contributed by atoms with Crippen molar-refractivity contribution in [1.29, 1.82) is 0 Å². The number of amides is 2. The molecule has 0 spiro atoms. The number of thioether (sulfide) groups is 1. The predicted octanol–water partition coefficient (Wildman–Crippen LogP) is 1.10. The number of hydrogen-bond acceptors (Lipinski definition) is 19. The SMILES string of the molecule is CO/N=C(/C(=O)N[C@@H]1C(=O)N2C(C(=O)OC(C)OC(=O)OC(COC(C)=O)COC(=O)[C@@H](C)C(C)C)=C(COC(C)=O)CSC12)c1csc(N)n1. The van der Waals surface area contributed by atoms with Gasteiger partial charge in [-0.2, -0.15) is 0 Å². The molecule has 5 atom stereocenters. The molecule has 19 nitrogen and oxygen atoms in total. The van der Waals surface area contributed by atoms with Crippen LogP contribution in [0.25, 0.3) is 0 Å². The molecule has 3 rings (SSSR count). The van der Waals surface area contributed by atoms with E-state index in [1.54, 1.807) is 6.92 Å². The third-order valence-electron chi connectivity index (χ3n) is 7.19. The number of carbonyl (C=O) groups excluding carboxylic acids is 7. The van der Waals surface area contributed by atoms with Crippen LogP contribution in [0.15, 0.2) is 21.8 Å². The summed E-state index contributed by atoms with van der Waals surface area (Å²) in [4.78, 5) is 97.6. The topological polar surface area (TPSA) is 251 Å². The Morgan fingerprint density at radius 1 is 1.02 bits per heavy atom. The van der Waals surface area contributed by atoms with Gasteiger partial charge in [0.05, 0.1) is 5.92 Å². The van der Waals surface area contributed by atoms with Crippen LogP contribution < -0.4 is 11.1 Å². The van der Waals surface area contributed by atoms with Crippen molar-refractivity contribution in [2.45, 2.75) is 65.4 Å². The molecule has 2 amide bonds. The summed E-state index contributed by atoms with van der Waals surface area (Å²) >= 11 is 2.24. The largest absolute Gasteiger partial charge is 0.511 e. The smallest absolute Gasteiger partial charge is 0.462 e. The van der Waals surface area contributed by atoms with Gasteiger partial charge in [-0.05, 0) is 5.92 Å². The molecular formula is C30H39N5O14S2. The number of hydrogen-bond donors (Lipinski definition) is 2. The van der Waals surface area contributed by atoms with E-state index in [4.69, 9.17) is 39.0 Å². The van der Waals surface area contributed by atoms with Gasteiger partial charge < -0.3 is 44.3 Å². The Kier molecular flexibility index (Phi) is 14.6. The highest BCUT2D eigenvalue weighted by Gasteiger charge is 2.55. The maximum absolute atomic E-state index is 13.5. The second kappa shape index (κ2) is 18.4. The number of ether oxygens (including phenoxy) is 6. The van der Waals surface area contributed by atoms with Gasteiger partial charge in [-0.25, -0.2) is 14.6 Å². The molecule has 2 aliphatic rings. The lowest BCUT2D eigenvalue weighted by atomic mass is 9.99. The van der Waals surface area contributed by atoms with Gasteiger partial charge >= 0.3 is 30.0 Å². The third kappa shape index (κ3) is 11.0. The molecular weight excluding hydrogens is 718 g/mol. The zero-order valence-electron chi connectivity index (χ0n) is 28.8. The summed E-state index contributed by atoms with van der Waals surface area (Å²) in [5, 5.41) is 7.13. The first-order valence-electron chi connectivity index (χ1n) is 15.4. The quantitative estimate of drug-likeness (QED) is 0.0598. The van der Waals surface area contributed by atoms with E-state index in [1.165, 1.54) is 31.2 Å². The first kappa shape index (κ1) is 40.5. The molecule has 3 unspecified atom stereocenters. The molecule has 0 aliphatic carbocycles. The van der Waals surface area contributed by atoms with Crippen molar-refractivity contribution < 1.29 is 66.8 Å². The lowest BCUT2D eigenvalue weighted by Crippen LogP contribution is -2.71. The summed E-state index contributed by atoms with van der Waals surface area (Å²) in [5.41, 5.74) is 5.49. The fraction of sp³-hybridized carbons (Fsp3) is 0.567. The molecule has 1 saturated heterocycles. The Bertz CT molecular complexity index is 1580. The lowest BCUT2D eigenvalue weighted by molar-refractivity contribution is -0.173. The van der Waals surface area contributed by atoms with Crippen molar-refractivity contribution in [2.24, 2.45) is 17.0 Å². The molecule has 280 valence electrons. The van der Waals surface area contributed by atoms with Crippen molar-refractivity contribution in [1.82, 2.24) is 15.2 Å². The fourth-order valence-electron chi connectivity index (χ4n) is 4.31. The number of rotatable bonds is 16. The Morgan fingerprint density at radius 2 is 1.69 bits per heavy atom. The number of fused-ring (bicyclic) bond motifs is 1. The summed E-state index contributed by atoms with van der Waals surface area (Å²) in [5.74, 6) is -4.91. The van der Waals surface area contributed by atoms with Crippen LogP contribution in [0.1, 0.15) is 47.2 Å². The van der Waals surface area contributed by atoms with E-state index >= 15 is 0 Å². The van der Waals surface area contributed by atoms with E-state index in [2.05, 4.69) is 15.5 Å². The number of β-lactam (4-membered cyclic amide) rings is 1. The summed E-state index contributed by atoms with van der Waals surface area (Å²) in [6, 6.07) is -1.12. The molecule has 0 aromatic carbocycles. The van der Waals surface area contributed by atoms with Crippen LogP contribution >= 0.6 is 23.1 Å². The molecule has 21 heteroatoms. The molecule has 1 aromatic rings. The zero-order chi connectivity index (χ0) is 38.0. The van der Waals surface area contributed by atoms with Crippen molar-refractivity contribution in [2.75, 3.05) is 38.4 Å². The van der Waals surface area contributed by atoms with Gasteiger partial charge in [-0.15, -0.1) is 23.1 Å². The fourth-order valence-corrected chi connectivity index (χ4v) is 6.18. The monoisotopic (exact) mass is 757 g/mol. The average molecular weight is 758 g/mol. The summed E-state index contributed by atoms with van der Waals surface area (Å²) in [6.07, 6.45) is -4.21. The number of nitrogen functional groups attached to an aromatic ring is 1. The van der Waals surface area contributed by atoms with Crippen LogP contribution in [-0.4, -0.2) is 114 Å². The normalized spacial score (nSPS) is 18.7. The van der Waals surface area contributed by atoms with E-state index in [9.17, 15) is 33.6 Å². The highest BCUT2D eigenvalue weighted by molar-refractivity contribution is 8.00. The van der Waals surface area contributed by atoms with Gasteiger partial charge in [-0.1, -0.05) is 25.9 Å². The number of nitrogens with two attached hydrogens (primary N) is 1. The van der Waals surface area contributed by atoms with E-state index in [-0.39, 0.29) is 46.1 Å². The van der Waals surface area contributed by atoms with Gasteiger partial charge in [0.25, 0.3) is 11.8 Å². The highest BCUT2D eigenvalue weighted by atomic mass is 32.2. The van der Waals surface area contributed by atoms with Gasteiger partial charge in [0.15, 0.2) is 16.9 Å². The molecule has 51 heavy (non-hydrogen) atoms. The maximum atomic E-state index is 13.5. The Morgan fingerprint density at radius 3 is 2.27 bits per heavy atom. The molecule has 1 aromatic heterocycles. The molecule has 1 fully saturated rings. The zero-order valence-corrected chi connectivity index (χ0v) is 30.5. The Balaban J connectivity index is 1.70. The van der Waals surface area contributed by atoms with Crippen molar-refractivity contribution in [3.05, 3.63) is 22.3 Å². The van der Waals surface area contributed by atoms with Gasteiger partial charge in [0.2, 0.25) is 6.29 Å². The molecule has 0 saturated carbocycles. The number of esters is 4. The second-order valence-electron chi connectivity index (χ2n) is 11.3. The number of carbonyl (C=O) groups is 7. The minimum Gasteiger partial charge on any atom is -0.462 e. The first-order chi connectivity index (χ1) is 24.0. The summed E-state index contributed by atoms with van der Waals surface area (Å²) in [6.45, 7) is 7.52. The van der Waals surface area contributed by atoms with Crippen LogP contribution in [0, 0.1) is 11.8 Å². The third-order valence-corrected chi connectivity index (χ3v) is 9.21. The number of anilines is 1. The van der Waals surface area contributed by atoms with E-state index in [0.717, 1.165) is 30.1 Å². The molecule has 0 radical (unpaired) electrons. The second-order valence-corrected chi connectivity index (χ2v) is 13.3. The van der Waals surface area contributed by atoms with Gasteiger partial charge in [-0.3, -0.25) is 28.9 Å². The van der Waals surface area contributed by atoms with Crippen LogP contribution in [0.4, 0.5) is 9.93 Å². The maximum Gasteiger partial charge on any atom is 0.511 e. The number of nitrogens with one attached hydrogen (secondary N) is 1. The Hall–Kier alpha value is -4.92. The van der Waals surface area contributed by atoms with Gasteiger partial charge in [0.1, 0.15) is 49.7 Å². The van der Waals surface area contributed by atoms with Crippen molar-refractivity contribution in [3.8, 4) is 0 Å². The molecule has 2 aliphatic heterocycles.